The number of rotatable bonds is 5. The first-order valence-electron chi connectivity index (χ1n) is 6.99. The highest BCUT2D eigenvalue weighted by Crippen LogP contribution is 2.24. The van der Waals surface area contributed by atoms with Crippen molar-refractivity contribution in [3.05, 3.63) is 17.6 Å². The van der Waals surface area contributed by atoms with Crippen molar-refractivity contribution in [2.45, 2.75) is 52.1 Å². The molecular weight excluding hydrogens is 224 g/mol. The van der Waals surface area contributed by atoms with Crippen molar-refractivity contribution in [2.75, 3.05) is 18.9 Å². The molecule has 1 aliphatic rings. The molecule has 2 rings (SSSR count). The van der Waals surface area contributed by atoms with Gasteiger partial charge in [0.25, 0.3) is 0 Å². The van der Waals surface area contributed by atoms with Gasteiger partial charge in [-0.25, -0.2) is 9.97 Å². The zero-order chi connectivity index (χ0) is 13.0. The minimum absolute atomic E-state index is 0.733. The Bertz CT molecular complexity index is 385. The second kappa shape index (κ2) is 6.14. The predicted octanol–water partition coefficient (Wildman–Crippen LogP) is 2.59. The molecule has 1 aliphatic carbocycles. The summed E-state index contributed by atoms with van der Waals surface area (Å²) in [4.78, 5) is 11.6. The summed E-state index contributed by atoms with van der Waals surface area (Å²) in [6.07, 6.45) is 5.41. The standard InChI is InChI=1S/C14H24N4/c1-4-18(12-7-5-6-8-12)10-14-16-11(2)9-13(15-3)17-14/h9,12H,4-8,10H2,1-3H3,(H,15,16,17). The van der Waals surface area contributed by atoms with Crippen LogP contribution in [0.15, 0.2) is 6.07 Å². The molecule has 1 saturated carbocycles. The summed E-state index contributed by atoms with van der Waals surface area (Å²) in [6.45, 7) is 6.21. The highest BCUT2D eigenvalue weighted by Gasteiger charge is 2.22. The Hall–Kier alpha value is -1.16. The van der Waals surface area contributed by atoms with Gasteiger partial charge in [0.2, 0.25) is 0 Å². The minimum atomic E-state index is 0.733. The summed E-state index contributed by atoms with van der Waals surface area (Å²) < 4.78 is 0. The predicted molar refractivity (Wildman–Crippen MR) is 74.7 cm³/mol. The van der Waals surface area contributed by atoms with E-state index < -0.39 is 0 Å². The van der Waals surface area contributed by atoms with Gasteiger partial charge in [0.05, 0.1) is 6.54 Å². The van der Waals surface area contributed by atoms with Gasteiger partial charge in [-0.2, -0.15) is 0 Å². The zero-order valence-corrected chi connectivity index (χ0v) is 11.7. The lowest BCUT2D eigenvalue weighted by Gasteiger charge is -2.26. The van der Waals surface area contributed by atoms with Crippen LogP contribution >= 0.6 is 0 Å². The van der Waals surface area contributed by atoms with Crippen LogP contribution in [0.2, 0.25) is 0 Å². The normalized spacial score (nSPS) is 16.4. The Kier molecular flexibility index (Phi) is 4.53. The van der Waals surface area contributed by atoms with Gasteiger partial charge in [-0.15, -0.1) is 0 Å². The van der Waals surface area contributed by atoms with Gasteiger partial charge in [0.1, 0.15) is 11.6 Å². The molecular formula is C14H24N4. The van der Waals surface area contributed by atoms with Gasteiger partial charge in [-0.05, 0) is 26.3 Å². The fourth-order valence-electron chi connectivity index (χ4n) is 2.78. The van der Waals surface area contributed by atoms with Gasteiger partial charge < -0.3 is 5.32 Å². The third kappa shape index (κ3) is 3.19. The minimum Gasteiger partial charge on any atom is -0.373 e. The topological polar surface area (TPSA) is 41.1 Å². The maximum absolute atomic E-state index is 4.55. The summed E-state index contributed by atoms with van der Waals surface area (Å²) in [5.41, 5.74) is 1.03. The first-order valence-corrected chi connectivity index (χ1v) is 6.99. The monoisotopic (exact) mass is 248 g/mol. The van der Waals surface area contributed by atoms with E-state index in [4.69, 9.17) is 0 Å². The number of nitrogens with one attached hydrogen (secondary N) is 1. The molecule has 1 fully saturated rings. The molecule has 1 aromatic heterocycles. The van der Waals surface area contributed by atoms with E-state index in [0.29, 0.717) is 0 Å². The molecule has 0 atom stereocenters. The molecule has 0 bridgehead atoms. The Morgan fingerprint density at radius 1 is 1.33 bits per heavy atom. The molecule has 1 N–H and O–H groups in total. The summed E-state index contributed by atoms with van der Waals surface area (Å²) in [5, 5.41) is 3.10. The van der Waals surface area contributed by atoms with E-state index in [-0.39, 0.29) is 0 Å². The maximum Gasteiger partial charge on any atom is 0.144 e. The van der Waals surface area contributed by atoms with Gasteiger partial charge in [0.15, 0.2) is 0 Å². The molecule has 0 unspecified atom stereocenters. The van der Waals surface area contributed by atoms with Gasteiger partial charge in [-0.1, -0.05) is 19.8 Å². The Balaban J connectivity index is 2.08. The Morgan fingerprint density at radius 2 is 2.06 bits per heavy atom. The van der Waals surface area contributed by atoms with E-state index in [1.54, 1.807) is 0 Å². The average Bonchev–Trinajstić information content (AvgIpc) is 2.89. The van der Waals surface area contributed by atoms with Gasteiger partial charge in [0, 0.05) is 24.8 Å². The lowest BCUT2D eigenvalue weighted by Crippen LogP contribution is -2.33. The van der Waals surface area contributed by atoms with Crippen LogP contribution in [0.4, 0.5) is 5.82 Å². The summed E-state index contributed by atoms with van der Waals surface area (Å²) in [5.74, 6) is 1.85. The lowest BCUT2D eigenvalue weighted by molar-refractivity contribution is 0.195. The quantitative estimate of drug-likeness (QED) is 0.869. The number of nitrogens with zero attached hydrogens (tertiary/aromatic N) is 3. The summed E-state index contributed by atoms with van der Waals surface area (Å²) in [7, 11) is 1.90. The fourth-order valence-corrected chi connectivity index (χ4v) is 2.78. The average molecular weight is 248 g/mol. The van der Waals surface area contributed by atoms with Crippen LogP contribution in [0, 0.1) is 6.92 Å². The second-order valence-electron chi connectivity index (χ2n) is 5.06. The van der Waals surface area contributed by atoms with Crippen molar-refractivity contribution in [1.82, 2.24) is 14.9 Å². The summed E-state index contributed by atoms with van der Waals surface area (Å²) >= 11 is 0. The highest BCUT2D eigenvalue weighted by molar-refractivity contribution is 5.34. The molecule has 4 nitrogen and oxygen atoms in total. The molecule has 100 valence electrons. The molecule has 18 heavy (non-hydrogen) atoms. The highest BCUT2D eigenvalue weighted by atomic mass is 15.2. The smallest absolute Gasteiger partial charge is 0.144 e. The first kappa shape index (κ1) is 13.3. The molecule has 1 aromatic rings. The zero-order valence-electron chi connectivity index (χ0n) is 11.7. The van der Waals surface area contributed by atoms with Crippen molar-refractivity contribution < 1.29 is 0 Å². The van der Waals surface area contributed by atoms with Crippen molar-refractivity contribution in [1.29, 1.82) is 0 Å². The van der Waals surface area contributed by atoms with Crippen LogP contribution in [-0.2, 0) is 6.54 Å². The molecule has 0 aromatic carbocycles. The van der Waals surface area contributed by atoms with E-state index >= 15 is 0 Å². The fraction of sp³-hybridized carbons (Fsp3) is 0.714. The van der Waals surface area contributed by atoms with Crippen LogP contribution in [0.25, 0.3) is 0 Å². The largest absolute Gasteiger partial charge is 0.373 e. The summed E-state index contributed by atoms with van der Waals surface area (Å²) in [6, 6.07) is 2.71. The van der Waals surface area contributed by atoms with Crippen LogP contribution in [0.3, 0.4) is 0 Å². The van der Waals surface area contributed by atoms with Gasteiger partial charge in [-0.3, -0.25) is 4.90 Å². The van der Waals surface area contributed by atoms with E-state index in [1.807, 2.05) is 20.0 Å². The van der Waals surface area contributed by atoms with E-state index in [1.165, 1.54) is 25.7 Å². The molecule has 0 saturated heterocycles. The van der Waals surface area contributed by atoms with Gasteiger partial charge >= 0.3 is 0 Å². The van der Waals surface area contributed by atoms with E-state index in [0.717, 1.165) is 36.5 Å². The van der Waals surface area contributed by atoms with Crippen molar-refractivity contribution in [2.24, 2.45) is 0 Å². The molecule has 0 spiro atoms. The van der Waals surface area contributed by atoms with Crippen LogP contribution < -0.4 is 5.32 Å². The van der Waals surface area contributed by atoms with Crippen LogP contribution in [-0.4, -0.2) is 34.5 Å². The third-order valence-corrected chi connectivity index (χ3v) is 3.75. The molecule has 0 amide bonds. The molecule has 1 heterocycles. The first-order chi connectivity index (χ1) is 8.72. The van der Waals surface area contributed by atoms with Crippen LogP contribution in [0.1, 0.15) is 44.1 Å². The number of aryl methyl sites for hydroxylation is 1. The second-order valence-corrected chi connectivity index (χ2v) is 5.06. The van der Waals surface area contributed by atoms with E-state index in [2.05, 4.69) is 27.1 Å². The SMILES string of the molecule is CCN(Cc1nc(C)cc(NC)n1)C1CCCC1. The van der Waals surface area contributed by atoms with Crippen molar-refractivity contribution in [3.63, 3.8) is 0 Å². The Labute approximate surface area is 110 Å². The number of aromatic nitrogens is 2. The van der Waals surface area contributed by atoms with E-state index in [9.17, 15) is 0 Å². The third-order valence-electron chi connectivity index (χ3n) is 3.75. The maximum atomic E-state index is 4.55. The lowest BCUT2D eigenvalue weighted by atomic mass is 10.2. The Morgan fingerprint density at radius 3 is 2.67 bits per heavy atom. The van der Waals surface area contributed by atoms with Crippen LogP contribution in [0.5, 0.6) is 0 Å². The molecule has 4 heteroatoms. The number of hydrogen-bond acceptors (Lipinski definition) is 4. The van der Waals surface area contributed by atoms with Crippen molar-refractivity contribution >= 4 is 5.82 Å². The number of anilines is 1. The van der Waals surface area contributed by atoms with Crippen molar-refractivity contribution in [3.8, 4) is 0 Å². The molecule has 0 radical (unpaired) electrons. The number of hydrogen-bond donors (Lipinski definition) is 1. The molecule has 0 aliphatic heterocycles.